The van der Waals surface area contributed by atoms with Crippen LogP contribution >= 0.6 is 0 Å². The highest BCUT2D eigenvalue weighted by atomic mass is 32.2. The van der Waals surface area contributed by atoms with E-state index < -0.39 is 20.9 Å². The number of rotatable bonds is 1. The van der Waals surface area contributed by atoms with Crippen LogP contribution in [0.2, 0.25) is 0 Å². The van der Waals surface area contributed by atoms with Gasteiger partial charge in [-0.2, -0.15) is 0 Å². The van der Waals surface area contributed by atoms with E-state index in [1.54, 1.807) is 0 Å². The molecule has 0 amide bonds. The maximum Gasteiger partial charge on any atom is 0.185 e. The van der Waals surface area contributed by atoms with Gasteiger partial charge in [0.2, 0.25) is 0 Å². The van der Waals surface area contributed by atoms with E-state index in [0.717, 1.165) is 0 Å². The Morgan fingerprint density at radius 3 is 2.75 bits per heavy atom. The quantitative estimate of drug-likeness (QED) is 0.768. The zero-order valence-electron chi connectivity index (χ0n) is 9.20. The fourth-order valence-electron chi connectivity index (χ4n) is 1.97. The molecule has 1 heterocycles. The molecule has 2 rings (SSSR count). The predicted octanol–water partition coefficient (Wildman–Crippen LogP) is 2.05. The summed E-state index contributed by atoms with van der Waals surface area (Å²) in [5, 5.41) is 2.53. The van der Waals surface area contributed by atoms with Gasteiger partial charge in [0, 0.05) is 6.54 Å². The minimum Gasteiger partial charge on any atom is -0.383 e. The minimum atomic E-state index is -3.33. The van der Waals surface area contributed by atoms with Gasteiger partial charge in [0.05, 0.1) is 15.8 Å². The lowest BCUT2D eigenvalue weighted by atomic mass is 10.1. The Morgan fingerprint density at radius 1 is 1.44 bits per heavy atom. The highest BCUT2D eigenvalue weighted by Crippen LogP contribution is 2.32. The standard InChI is InChI=1S/C11H14FNO2S/c1-7(2)11-6-13-9-5-8(12)3-4-10(9)16(11,14)15/h3-5,7,11,13H,6H2,1-2H3. The van der Waals surface area contributed by atoms with Gasteiger partial charge in [-0.05, 0) is 24.1 Å². The third kappa shape index (κ3) is 1.69. The Hall–Kier alpha value is -1.10. The molecule has 5 heteroatoms. The molecule has 0 saturated heterocycles. The Bertz CT molecular complexity index is 511. The van der Waals surface area contributed by atoms with Crippen molar-refractivity contribution in [2.75, 3.05) is 11.9 Å². The molecule has 0 saturated carbocycles. The summed E-state index contributed by atoms with van der Waals surface area (Å²) in [4.78, 5) is 0.207. The number of fused-ring (bicyclic) bond motifs is 1. The number of benzene rings is 1. The van der Waals surface area contributed by atoms with Gasteiger partial charge in [-0.15, -0.1) is 0 Å². The molecule has 0 aromatic heterocycles. The van der Waals surface area contributed by atoms with Crippen LogP contribution < -0.4 is 5.32 Å². The summed E-state index contributed by atoms with van der Waals surface area (Å²) in [7, 11) is -3.33. The Balaban J connectivity index is 2.56. The molecule has 1 aromatic rings. The maximum absolute atomic E-state index is 13.0. The number of hydrogen-bond acceptors (Lipinski definition) is 3. The van der Waals surface area contributed by atoms with E-state index in [4.69, 9.17) is 0 Å². The third-order valence-corrected chi connectivity index (χ3v) is 5.36. The molecule has 0 radical (unpaired) electrons. The molecule has 1 aliphatic heterocycles. The van der Waals surface area contributed by atoms with E-state index in [9.17, 15) is 12.8 Å². The molecule has 1 atom stereocenters. The van der Waals surface area contributed by atoms with Crippen LogP contribution in [-0.4, -0.2) is 20.2 Å². The second kappa shape index (κ2) is 3.73. The number of nitrogens with one attached hydrogen (secondary N) is 1. The van der Waals surface area contributed by atoms with E-state index in [-0.39, 0.29) is 10.8 Å². The Kier molecular flexibility index (Phi) is 2.66. The van der Waals surface area contributed by atoms with Crippen LogP contribution in [0.5, 0.6) is 0 Å². The van der Waals surface area contributed by atoms with E-state index in [0.29, 0.717) is 12.2 Å². The first kappa shape index (κ1) is 11.4. The van der Waals surface area contributed by atoms with Gasteiger partial charge < -0.3 is 5.32 Å². The first-order valence-corrected chi connectivity index (χ1v) is 6.75. The van der Waals surface area contributed by atoms with Gasteiger partial charge >= 0.3 is 0 Å². The van der Waals surface area contributed by atoms with Gasteiger partial charge in [-0.25, -0.2) is 12.8 Å². The predicted molar refractivity (Wildman–Crippen MR) is 60.7 cm³/mol. The molecular formula is C11H14FNO2S. The molecule has 1 N–H and O–H groups in total. The first-order chi connectivity index (χ1) is 7.43. The molecule has 0 aliphatic carbocycles. The van der Waals surface area contributed by atoms with Crippen LogP contribution in [0.1, 0.15) is 13.8 Å². The van der Waals surface area contributed by atoms with E-state index in [1.165, 1.54) is 18.2 Å². The van der Waals surface area contributed by atoms with Crippen molar-refractivity contribution in [2.45, 2.75) is 24.0 Å². The second-order valence-electron chi connectivity index (χ2n) is 4.35. The average molecular weight is 243 g/mol. The van der Waals surface area contributed by atoms with Gasteiger partial charge in [-0.1, -0.05) is 13.8 Å². The smallest absolute Gasteiger partial charge is 0.185 e. The zero-order chi connectivity index (χ0) is 11.9. The molecule has 0 spiro atoms. The molecular weight excluding hydrogens is 229 g/mol. The largest absolute Gasteiger partial charge is 0.383 e. The molecule has 0 fully saturated rings. The van der Waals surface area contributed by atoms with Gasteiger partial charge in [0.1, 0.15) is 5.82 Å². The topological polar surface area (TPSA) is 46.2 Å². The summed E-state index contributed by atoms with van der Waals surface area (Å²) in [5.74, 6) is -0.389. The van der Waals surface area contributed by atoms with Crippen LogP contribution in [0, 0.1) is 11.7 Å². The van der Waals surface area contributed by atoms with Crippen LogP contribution in [0.15, 0.2) is 23.1 Å². The number of hydrogen-bond donors (Lipinski definition) is 1. The lowest BCUT2D eigenvalue weighted by Gasteiger charge is -2.28. The Morgan fingerprint density at radius 2 is 2.12 bits per heavy atom. The molecule has 88 valence electrons. The second-order valence-corrected chi connectivity index (χ2v) is 6.48. The minimum absolute atomic E-state index is 0.0377. The van der Waals surface area contributed by atoms with Crippen molar-refractivity contribution in [1.82, 2.24) is 0 Å². The average Bonchev–Trinajstić information content (AvgIpc) is 2.15. The Labute approximate surface area is 94.6 Å². The fourth-order valence-corrected chi connectivity index (χ4v) is 4.01. The van der Waals surface area contributed by atoms with Crippen LogP contribution in [0.4, 0.5) is 10.1 Å². The lowest BCUT2D eigenvalue weighted by Crippen LogP contribution is -2.38. The molecule has 3 nitrogen and oxygen atoms in total. The highest BCUT2D eigenvalue weighted by Gasteiger charge is 2.35. The number of anilines is 1. The summed E-state index contributed by atoms with van der Waals surface area (Å²) in [6.07, 6.45) is 0. The molecule has 1 aromatic carbocycles. The summed E-state index contributed by atoms with van der Waals surface area (Å²) < 4.78 is 37.4. The van der Waals surface area contributed by atoms with Crippen molar-refractivity contribution >= 4 is 15.5 Å². The number of sulfone groups is 1. The van der Waals surface area contributed by atoms with Crippen molar-refractivity contribution in [2.24, 2.45) is 5.92 Å². The maximum atomic E-state index is 13.0. The first-order valence-electron chi connectivity index (χ1n) is 5.20. The zero-order valence-corrected chi connectivity index (χ0v) is 10.0. The van der Waals surface area contributed by atoms with Crippen LogP contribution in [0.25, 0.3) is 0 Å². The summed E-state index contributed by atoms with van der Waals surface area (Å²) in [6.45, 7) is 4.09. The van der Waals surface area contributed by atoms with Crippen molar-refractivity contribution in [1.29, 1.82) is 0 Å². The number of halogens is 1. The lowest BCUT2D eigenvalue weighted by molar-refractivity contribution is 0.532. The summed E-state index contributed by atoms with van der Waals surface area (Å²) >= 11 is 0. The fraction of sp³-hybridized carbons (Fsp3) is 0.455. The van der Waals surface area contributed by atoms with Gasteiger partial charge in [0.25, 0.3) is 0 Å². The van der Waals surface area contributed by atoms with Crippen molar-refractivity contribution in [3.8, 4) is 0 Å². The molecule has 0 bridgehead atoms. The van der Waals surface area contributed by atoms with E-state index in [1.807, 2.05) is 13.8 Å². The van der Waals surface area contributed by atoms with Gasteiger partial charge in [-0.3, -0.25) is 0 Å². The van der Waals surface area contributed by atoms with Crippen molar-refractivity contribution < 1.29 is 12.8 Å². The molecule has 16 heavy (non-hydrogen) atoms. The molecule has 1 unspecified atom stereocenters. The van der Waals surface area contributed by atoms with Crippen molar-refractivity contribution in [3.63, 3.8) is 0 Å². The van der Waals surface area contributed by atoms with Crippen LogP contribution in [-0.2, 0) is 9.84 Å². The normalized spacial score (nSPS) is 22.6. The third-order valence-electron chi connectivity index (χ3n) is 2.88. The van der Waals surface area contributed by atoms with Gasteiger partial charge in [0.15, 0.2) is 9.84 Å². The van der Waals surface area contributed by atoms with E-state index >= 15 is 0 Å². The SMILES string of the molecule is CC(C)C1CNc2cc(F)ccc2S1(=O)=O. The summed E-state index contributed by atoms with van der Waals surface area (Å²) in [6, 6.07) is 3.74. The monoisotopic (exact) mass is 243 g/mol. The van der Waals surface area contributed by atoms with E-state index in [2.05, 4.69) is 5.32 Å². The highest BCUT2D eigenvalue weighted by molar-refractivity contribution is 7.92. The van der Waals surface area contributed by atoms with Crippen LogP contribution in [0.3, 0.4) is 0 Å². The summed E-state index contributed by atoms with van der Waals surface area (Å²) in [5.41, 5.74) is 0.372. The van der Waals surface area contributed by atoms with Crippen molar-refractivity contribution in [3.05, 3.63) is 24.0 Å². The molecule has 1 aliphatic rings.